The molecule has 1 aromatic rings. The predicted octanol–water partition coefficient (Wildman–Crippen LogP) is 2.18. The first-order chi connectivity index (χ1) is 9.27. The fraction of sp³-hybridized carbons (Fsp3) is 0.733. The summed E-state index contributed by atoms with van der Waals surface area (Å²) in [6.07, 6.45) is 0.994. The van der Waals surface area contributed by atoms with Crippen LogP contribution in [0.4, 0.5) is 0 Å². The van der Waals surface area contributed by atoms with Crippen LogP contribution in [0.25, 0.3) is 0 Å². The van der Waals surface area contributed by atoms with Gasteiger partial charge in [0.15, 0.2) is 5.69 Å². The third-order valence-electron chi connectivity index (χ3n) is 3.77. The molecule has 1 amide bonds. The second kappa shape index (κ2) is 5.56. The van der Waals surface area contributed by atoms with E-state index in [-0.39, 0.29) is 17.4 Å². The van der Waals surface area contributed by atoms with Crippen molar-refractivity contribution >= 4 is 5.91 Å². The molecule has 1 N–H and O–H groups in total. The Morgan fingerprint density at radius 1 is 1.50 bits per heavy atom. The van der Waals surface area contributed by atoms with Crippen molar-refractivity contribution in [1.29, 1.82) is 0 Å². The van der Waals surface area contributed by atoms with Crippen molar-refractivity contribution < 1.29 is 9.32 Å². The van der Waals surface area contributed by atoms with E-state index >= 15 is 0 Å². The standard InChI is InChI=1S/C15H25N3O2/c1-10(2)18-7-6-11(9-18)16-14(19)12-8-13(20-17-12)15(3,4)5/h8,10-11H,6-7,9H2,1-5H3,(H,16,19)/t11-/m0/s1. The maximum Gasteiger partial charge on any atom is 0.273 e. The summed E-state index contributed by atoms with van der Waals surface area (Å²) >= 11 is 0. The lowest BCUT2D eigenvalue weighted by atomic mass is 9.93. The molecule has 1 saturated heterocycles. The third kappa shape index (κ3) is 3.39. The molecule has 5 heteroatoms. The van der Waals surface area contributed by atoms with Crippen LogP contribution in [0.2, 0.25) is 0 Å². The Bertz CT molecular complexity index is 474. The van der Waals surface area contributed by atoms with Gasteiger partial charge in [0.2, 0.25) is 0 Å². The monoisotopic (exact) mass is 279 g/mol. The summed E-state index contributed by atoms with van der Waals surface area (Å²) in [6, 6.07) is 2.47. The maximum atomic E-state index is 12.2. The number of nitrogens with one attached hydrogen (secondary N) is 1. The second-order valence-corrected chi connectivity index (χ2v) is 6.87. The van der Waals surface area contributed by atoms with Crippen molar-refractivity contribution in [3.63, 3.8) is 0 Å². The van der Waals surface area contributed by atoms with Crippen LogP contribution in [-0.2, 0) is 5.41 Å². The van der Waals surface area contributed by atoms with Crippen LogP contribution in [0.1, 0.15) is 57.3 Å². The van der Waals surface area contributed by atoms with Crippen molar-refractivity contribution in [3.05, 3.63) is 17.5 Å². The summed E-state index contributed by atoms with van der Waals surface area (Å²) in [4.78, 5) is 14.5. The first kappa shape index (κ1) is 15.0. The number of aromatic nitrogens is 1. The van der Waals surface area contributed by atoms with Crippen LogP contribution in [0.5, 0.6) is 0 Å². The number of hydrogen-bond acceptors (Lipinski definition) is 4. The summed E-state index contributed by atoms with van der Waals surface area (Å²) < 4.78 is 5.25. The average Bonchev–Trinajstić information content (AvgIpc) is 2.95. The second-order valence-electron chi connectivity index (χ2n) is 6.87. The van der Waals surface area contributed by atoms with E-state index in [9.17, 15) is 4.79 Å². The van der Waals surface area contributed by atoms with Crippen molar-refractivity contribution in [3.8, 4) is 0 Å². The molecule has 0 saturated carbocycles. The number of amides is 1. The Labute approximate surface area is 120 Å². The molecule has 1 fully saturated rings. The lowest BCUT2D eigenvalue weighted by Crippen LogP contribution is -2.38. The minimum absolute atomic E-state index is 0.132. The van der Waals surface area contributed by atoms with Crippen LogP contribution in [0.15, 0.2) is 10.6 Å². The highest BCUT2D eigenvalue weighted by molar-refractivity contribution is 5.92. The molecule has 5 nitrogen and oxygen atoms in total. The average molecular weight is 279 g/mol. The molecule has 0 radical (unpaired) electrons. The number of nitrogens with zero attached hydrogens (tertiary/aromatic N) is 2. The molecular weight excluding hydrogens is 254 g/mol. The minimum atomic E-state index is -0.139. The zero-order valence-corrected chi connectivity index (χ0v) is 13.1. The molecule has 1 aliphatic heterocycles. The van der Waals surface area contributed by atoms with E-state index in [4.69, 9.17) is 4.52 Å². The molecule has 1 aliphatic rings. The smallest absolute Gasteiger partial charge is 0.273 e. The summed E-state index contributed by atoms with van der Waals surface area (Å²) in [6.45, 7) is 12.4. The van der Waals surface area contributed by atoms with E-state index in [2.05, 4.69) is 29.2 Å². The van der Waals surface area contributed by atoms with Crippen LogP contribution in [-0.4, -0.2) is 41.1 Å². The lowest BCUT2D eigenvalue weighted by Gasteiger charge is -2.20. The fourth-order valence-corrected chi connectivity index (χ4v) is 2.37. The Balaban J connectivity index is 1.94. The maximum absolute atomic E-state index is 12.2. The van der Waals surface area contributed by atoms with Crippen LogP contribution in [0.3, 0.4) is 0 Å². The van der Waals surface area contributed by atoms with Crippen molar-refractivity contribution in [2.24, 2.45) is 0 Å². The van der Waals surface area contributed by atoms with Gasteiger partial charge in [-0.1, -0.05) is 25.9 Å². The third-order valence-corrected chi connectivity index (χ3v) is 3.77. The van der Waals surface area contributed by atoms with E-state index in [0.29, 0.717) is 11.7 Å². The molecular formula is C15H25N3O2. The highest BCUT2D eigenvalue weighted by Gasteiger charge is 2.27. The van der Waals surface area contributed by atoms with Gasteiger partial charge in [0, 0.05) is 36.7 Å². The van der Waals surface area contributed by atoms with Gasteiger partial charge < -0.3 is 9.84 Å². The van der Waals surface area contributed by atoms with Gasteiger partial charge in [-0.05, 0) is 20.3 Å². The first-order valence-electron chi connectivity index (χ1n) is 7.29. The van der Waals surface area contributed by atoms with Crippen molar-refractivity contribution in [1.82, 2.24) is 15.4 Å². The van der Waals surface area contributed by atoms with Gasteiger partial charge >= 0.3 is 0 Å². The molecule has 1 aromatic heterocycles. The van der Waals surface area contributed by atoms with Gasteiger partial charge in [-0.25, -0.2) is 0 Å². The highest BCUT2D eigenvalue weighted by Crippen LogP contribution is 2.22. The van der Waals surface area contributed by atoms with Crippen LogP contribution >= 0.6 is 0 Å². The van der Waals surface area contributed by atoms with E-state index < -0.39 is 0 Å². The molecule has 20 heavy (non-hydrogen) atoms. The van der Waals surface area contributed by atoms with Gasteiger partial charge in [-0.3, -0.25) is 9.69 Å². The Morgan fingerprint density at radius 3 is 2.70 bits per heavy atom. The number of likely N-dealkylation sites (tertiary alicyclic amines) is 1. The molecule has 0 spiro atoms. The molecule has 0 aliphatic carbocycles. The predicted molar refractivity (Wildman–Crippen MR) is 77.8 cm³/mol. The molecule has 2 heterocycles. The Hall–Kier alpha value is -1.36. The molecule has 1 atom stereocenters. The van der Waals surface area contributed by atoms with Crippen LogP contribution in [0, 0.1) is 0 Å². The quantitative estimate of drug-likeness (QED) is 0.921. The summed E-state index contributed by atoms with van der Waals surface area (Å²) in [7, 11) is 0. The molecule has 0 aromatic carbocycles. The van der Waals surface area contributed by atoms with E-state index in [1.165, 1.54) is 0 Å². The first-order valence-corrected chi connectivity index (χ1v) is 7.29. The zero-order valence-electron chi connectivity index (χ0n) is 13.1. The lowest BCUT2D eigenvalue weighted by molar-refractivity contribution is 0.0927. The van der Waals surface area contributed by atoms with E-state index in [0.717, 1.165) is 25.3 Å². The van der Waals surface area contributed by atoms with E-state index in [1.54, 1.807) is 6.07 Å². The van der Waals surface area contributed by atoms with E-state index in [1.807, 2.05) is 20.8 Å². The summed E-state index contributed by atoms with van der Waals surface area (Å²) in [5.41, 5.74) is 0.241. The largest absolute Gasteiger partial charge is 0.360 e. The van der Waals surface area contributed by atoms with Gasteiger partial charge in [0.25, 0.3) is 5.91 Å². The van der Waals surface area contributed by atoms with Gasteiger partial charge in [-0.2, -0.15) is 0 Å². The van der Waals surface area contributed by atoms with Crippen LogP contribution < -0.4 is 5.32 Å². The van der Waals surface area contributed by atoms with Gasteiger partial charge in [-0.15, -0.1) is 0 Å². The normalized spacial score (nSPS) is 20.6. The number of hydrogen-bond donors (Lipinski definition) is 1. The zero-order chi connectivity index (χ0) is 14.9. The Morgan fingerprint density at radius 2 is 2.20 bits per heavy atom. The molecule has 2 rings (SSSR count). The van der Waals surface area contributed by atoms with Gasteiger partial charge in [0.05, 0.1) is 0 Å². The molecule has 0 unspecified atom stereocenters. The molecule has 0 bridgehead atoms. The summed E-state index contributed by atoms with van der Waals surface area (Å²) in [5.74, 6) is 0.595. The number of carbonyl (C=O) groups excluding carboxylic acids is 1. The summed E-state index contributed by atoms with van der Waals surface area (Å²) in [5, 5.41) is 6.92. The highest BCUT2D eigenvalue weighted by atomic mass is 16.5. The Kier molecular flexibility index (Phi) is 4.18. The number of rotatable bonds is 3. The number of carbonyl (C=O) groups is 1. The van der Waals surface area contributed by atoms with Crippen molar-refractivity contribution in [2.75, 3.05) is 13.1 Å². The fourth-order valence-electron chi connectivity index (χ4n) is 2.37. The van der Waals surface area contributed by atoms with Crippen molar-refractivity contribution in [2.45, 2.75) is 58.5 Å². The minimum Gasteiger partial charge on any atom is -0.360 e. The SMILES string of the molecule is CC(C)N1CC[C@H](NC(=O)c2cc(C(C)(C)C)on2)C1. The van der Waals surface area contributed by atoms with Gasteiger partial charge in [0.1, 0.15) is 5.76 Å². The molecule has 112 valence electrons. The topological polar surface area (TPSA) is 58.4 Å².